The van der Waals surface area contributed by atoms with Crippen LogP contribution in [0.5, 0.6) is 5.75 Å². The summed E-state index contributed by atoms with van der Waals surface area (Å²) in [6.45, 7) is 1.57. The van der Waals surface area contributed by atoms with E-state index in [9.17, 15) is 9.90 Å². The van der Waals surface area contributed by atoms with Crippen molar-refractivity contribution in [1.29, 1.82) is 0 Å². The van der Waals surface area contributed by atoms with Crippen LogP contribution in [0.1, 0.15) is 5.69 Å². The van der Waals surface area contributed by atoms with E-state index in [1.54, 1.807) is 6.92 Å². The number of aromatic nitrogens is 1. The topological polar surface area (TPSA) is 55.9 Å². The molecule has 0 fully saturated rings. The van der Waals surface area contributed by atoms with Gasteiger partial charge in [-0.1, -0.05) is 0 Å². The van der Waals surface area contributed by atoms with Crippen LogP contribution in [0.4, 0.5) is 0 Å². The van der Waals surface area contributed by atoms with Gasteiger partial charge >= 0.3 is 0 Å². The molecule has 0 atom stereocenters. The van der Waals surface area contributed by atoms with Gasteiger partial charge in [0.15, 0.2) is 5.43 Å². The summed E-state index contributed by atoms with van der Waals surface area (Å²) >= 11 is 0. The Morgan fingerprint density at radius 1 is 1.67 bits per heavy atom. The number of aryl methyl sites for hydroxylation is 1. The van der Waals surface area contributed by atoms with Crippen LogP contribution in [0, 0.1) is 6.92 Å². The Bertz CT molecular complexity index is 264. The molecule has 0 spiro atoms. The summed E-state index contributed by atoms with van der Waals surface area (Å²) in [5.74, 6) is -0.447. The van der Waals surface area contributed by atoms with Gasteiger partial charge in [-0.2, -0.15) is 0 Å². The van der Waals surface area contributed by atoms with Crippen molar-refractivity contribution < 1.29 is 5.11 Å². The van der Waals surface area contributed by atoms with Gasteiger partial charge in [0.05, 0.1) is 0 Å². The highest BCUT2D eigenvalue weighted by molar-refractivity contribution is 5.21. The van der Waals surface area contributed by atoms with Crippen molar-refractivity contribution in [2.75, 3.05) is 0 Å². The van der Waals surface area contributed by atoms with Crippen LogP contribution in [0.25, 0.3) is 0 Å². The molecule has 1 N–H and O–H groups in total. The number of H-pyrrole nitrogens is 1. The molecule has 9 heavy (non-hydrogen) atoms. The lowest BCUT2D eigenvalue weighted by atomic mass is 10.3. The Kier molecular flexibility index (Phi) is 1.26. The SMILES string of the molecule is Cc1[nH]ccc(=O)c1[O-]. The molecular formula is C6H6NO2-. The second-order valence-corrected chi connectivity index (χ2v) is 1.80. The molecule has 0 aromatic carbocycles. The number of hydrogen-bond acceptors (Lipinski definition) is 2. The minimum atomic E-state index is -0.453. The van der Waals surface area contributed by atoms with Gasteiger partial charge in [0.2, 0.25) is 0 Å². The first-order valence-corrected chi connectivity index (χ1v) is 2.57. The Hall–Kier alpha value is -1.25. The predicted molar refractivity (Wildman–Crippen MR) is 31.2 cm³/mol. The smallest absolute Gasteiger partial charge is 0.174 e. The van der Waals surface area contributed by atoms with Crippen LogP contribution in [0.3, 0.4) is 0 Å². The molecule has 48 valence electrons. The molecule has 0 aliphatic heterocycles. The van der Waals surface area contributed by atoms with Crippen LogP contribution in [-0.4, -0.2) is 4.98 Å². The second-order valence-electron chi connectivity index (χ2n) is 1.80. The van der Waals surface area contributed by atoms with E-state index >= 15 is 0 Å². The summed E-state index contributed by atoms with van der Waals surface area (Å²) in [5, 5.41) is 10.6. The molecular weight excluding hydrogens is 118 g/mol. The van der Waals surface area contributed by atoms with Crippen LogP contribution >= 0.6 is 0 Å². The summed E-state index contributed by atoms with van der Waals surface area (Å²) in [5.41, 5.74) is -0.0613. The van der Waals surface area contributed by atoms with E-state index in [1.165, 1.54) is 12.3 Å². The first-order valence-electron chi connectivity index (χ1n) is 2.57. The summed E-state index contributed by atoms with van der Waals surface area (Å²) in [7, 11) is 0. The molecule has 1 aromatic heterocycles. The van der Waals surface area contributed by atoms with Crippen LogP contribution in [0.2, 0.25) is 0 Å². The van der Waals surface area contributed by atoms with Gasteiger partial charge in [-0.25, -0.2) is 0 Å². The number of hydrogen-bond donors (Lipinski definition) is 1. The summed E-state index contributed by atoms with van der Waals surface area (Å²) in [6.07, 6.45) is 1.46. The van der Waals surface area contributed by atoms with E-state index in [-0.39, 0.29) is 0 Å². The monoisotopic (exact) mass is 124 g/mol. The largest absolute Gasteiger partial charge is 0.869 e. The maximum Gasteiger partial charge on any atom is 0.174 e. The first-order chi connectivity index (χ1) is 4.22. The molecule has 3 nitrogen and oxygen atoms in total. The molecule has 0 amide bonds. The van der Waals surface area contributed by atoms with Crippen molar-refractivity contribution in [2.45, 2.75) is 6.92 Å². The highest BCUT2D eigenvalue weighted by Crippen LogP contribution is 1.97. The van der Waals surface area contributed by atoms with E-state index in [1.807, 2.05) is 0 Å². The van der Waals surface area contributed by atoms with Gasteiger partial charge in [0.25, 0.3) is 0 Å². The lowest BCUT2D eigenvalue weighted by molar-refractivity contribution is -0.271. The molecule has 1 heterocycles. The minimum absolute atomic E-state index is 0.391. The van der Waals surface area contributed by atoms with Crippen LogP contribution in [0.15, 0.2) is 17.1 Å². The molecule has 0 bridgehead atoms. The van der Waals surface area contributed by atoms with Crippen LogP contribution in [-0.2, 0) is 0 Å². The minimum Gasteiger partial charge on any atom is -0.869 e. The van der Waals surface area contributed by atoms with Crippen molar-refractivity contribution >= 4 is 0 Å². The molecule has 0 radical (unpaired) electrons. The van der Waals surface area contributed by atoms with Gasteiger partial charge in [-0.3, -0.25) is 4.79 Å². The molecule has 0 aliphatic carbocycles. The Labute approximate surface area is 52.0 Å². The molecule has 0 saturated heterocycles. The van der Waals surface area contributed by atoms with Gasteiger partial charge in [0, 0.05) is 18.0 Å². The zero-order chi connectivity index (χ0) is 6.85. The normalized spacial score (nSPS) is 9.44. The summed E-state index contributed by atoms with van der Waals surface area (Å²) in [6, 6.07) is 1.22. The van der Waals surface area contributed by atoms with E-state index < -0.39 is 11.2 Å². The number of aromatic amines is 1. The molecule has 3 heteroatoms. The zero-order valence-electron chi connectivity index (χ0n) is 4.97. The lowest BCUT2D eigenvalue weighted by Crippen LogP contribution is -2.10. The van der Waals surface area contributed by atoms with E-state index in [2.05, 4.69) is 4.98 Å². The van der Waals surface area contributed by atoms with Crippen molar-refractivity contribution in [3.63, 3.8) is 0 Å². The third kappa shape index (κ3) is 0.937. The Morgan fingerprint density at radius 2 is 2.33 bits per heavy atom. The van der Waals surface area contributed by atoms with Crippen molar-refractivity contribution in [1.82, 2.24) is 4.98 Å². The fourth-order valence-corrected chi connectivity index (χ4v) is 0.568. The molecule has 0 aliphatic rings. The van der Waals surface area contributed by atoms with Gasteiger partial charge in [0.1, 0.15) is 0 Å². The number of rotatable bonds is 0. The summed E-state index contributed by atoms with van der Waals surface area (Å²) < 4.78 is 0. The van der Waals surface area contributed by atoms with Crippen LogP contribution < -0.4 is 10.5 Å². The number of pyridine rings is 1. The van der Waals surface area contributed by atoms with Gasteiger partial charge in [-0.05, 0) is 12.7 Å². The first kappa shape index (κ1) is 5.88. The van der Waals surface area contributed by atoms with Crippen molar-refractivity contribution in [3.05, 3.63) is 28.2 Å². The van der Waals surface area contributed by atoms with Gasteiger partial charge in [-0.15, -0.1) is 0 Å². The third-order valence-electron chi connectivity index (χ3n) is 1.10. The maximum atomic E-state index is 10.6. The standard InChI is InChI=1S/C6H7NO2/c1-4-6(9)5(8)2-3-7-4/h2-3,9H,1H3,(H,7,8)/p-1. The number of nitrogens with one attached hydrogen (secondary N) is 1. The highest BCUT2D eigenvalue weighted by atomic mass is 16.3. The average Bonchev–Trinajstić information content (AvgIpc) is 1.83. The molecule has 1 rings (SSSR count). The second kappa shape index (κ2) is 1.93. The average molecular weight is 124 g/mol. The maximum absolute atomic E-state index is 10.6. The Balaban J connectivity index is 3.43. The predicted octanol–water partition coefficient (Wildman–Crippen LogP) is -0.243. The molecule has 1 aromatic rings. The zero-order valence-corrected chi connectivity index (χ0v) is 4.97. The van der Waals surface area contributed by atoms with E-state index in [0.29, 0.717) is 5.69 Å². The lowest BCUT2D eigenvalue weighted by Gasteiger charge is -2.05. The van der Waals surface area contributed by atoms with Crippen molar-refractivity contribution in [2.24, 2.45) is 0 Å². The van der Waals surface area contributed by atoms with E-state index in [0.717, 1.165) is 0 Å². The van der Waals surface area contributed by atoms with Crippen molar-refractivity contribution in [3.8, 4) is 5.75 Å². The quantitative estimate of drug-likeness (QED) is 0.518. The summed E-state index contributed by atoms with van der Waals surface area (Å²) in [4.78, 5) is 13.1. The molecule has 0 unspecified atom stereocenters. The highest BCUT2D eigenvalue weighted by Gasteiger charge is 1.86. The fourth-order valence-electron chi connectivity index (χ4n) is 0.568. The molecule has 0 saturated carbocycles. The van der Waals surface area contributed by atoms with Gasteiger partial charge < -0.3 is 10.1 Å². The Morgan fingerprint density at radius 3 is 2.78 bits per heavy atom. The van der Waals surface area contributed by atoms with E-state index in [4.69, 9.17) is 0 Å². The fraction of sp³-hybridized carbons (Fsp3) is 0.167. The third-order valence-corrected chi connectivity index (χ3v) is 1.10.